The Morgan fingerprint density at radius 2 is 2.06 bits per heavy atom. The van der Waals surface area contributed by atoms with Gasteiger partial charge in [-0.05, 0) is 27.6 Å². The second kappa shape index (κ2) is 6.16. The second-order valence-electron chi connectivity index (χ2n) is 3.75. The van der Waals surface area contributed by atoms with Crippen molar-refractivity contribution in [1.82, 2.24) is 4.98 Å². The number of hydrogen-bond acceptors (Lipinski definition) is 2. The molecule has 2 rings (SSSR count). The summed E-state index contributed by atoms with van der Waals surface area (Å²) < 4.78 is 14.3. The number of halogens is 3. The lowest BCUT2D eigenvalue weighted by atomic mass is 10.1. The molecule has 18 heavy (non-hydrogen) atoms. The molecule has 0 radical (unpaired) electrons. The van der Waals surface area contributed by atoms with Crippen LogP contribution in [0.5, 0.6) is 0 Å². The van der Waals surface area contributed by atoms with Crippen LogP contribution in [0.25, 0.3) is 0 Å². The van der Waals surface area contributed by atoms with E-state index in [1.54, 1.807) is 6.20 Å². The zero-order chi connectivity index (χ0) is 13.0. The van der Waals surface area contributed by atoms with Crippen LogP contribution in [-0.4, -0.2) is 10.9 Å². The van der Waals surface area contributed by atoms with Crippen molar-refractivity contribution >= 4 is 33.3 Å². The predicted molar refractivity (Wildman–Crippen MR) is 75.4 cm³/mol. The van der Waals surface area contributed by atoms with Crippen molar-refractivity contribution in [3.8, 4) is 0 Å². The van der Waals surface area contributed by atoms with E-state index in [4.69, 9.17) is 11.6 Å². The number of pyridine rings is 1. The molecule has 0 aliphatic carbocycles. The number of anilines is 1. The maximum absolute atomic E-state index is 13.7. The smallest absolute Gasteiger partial charge is 0.166 e. The van der Waals surface area contributed by atoms with Crippen LogP contribution < -0.4 is 5.32 Å². The van der Waals surface area contributed by atoms with Crippen LogP contribution in [0.3, 0.4) is 0 Å². The Balaban J connectivity index is 2.21. The van der Waals surface area contributed by atoms with E-state index in [9.17, 15) is 4.39 Å². The zero-order valence-corrected chi connectivity index (χ0v) is 11.7. The summed E-state index contributed by atoms with van der Waals surface area (Å²) in [5.41, 5.74) is 0.997. The highest BCUT2D eigenvalue weighted by molar-refractivity contribution is 9.10. The molecular weight excluding hydrogens is 319 g/mol. The van der Waals surface area contributed by atoms with Gasteiger partial charge in [0, 0.05) is 16.5 Å². The van der Waals surface area contributed by atoms with E-state index in [1.165, 1.54) is 6.07 Å². The third-order valence-corrected chi connectivity index (χ3v) is 3.22. The van der Waals surface area contributed by atoms with Gasteiger partial charge in [-0.1, -0.05) is 30.3 Å². The van der Waals surface area contributed by atoms with Gasteiger partial charge in [-0.2, -0.15) is 0 Å². The van der Waals surface area contributed by atoms with E-state index in [0.717, 1.165) is 5.56 Å². The first-order valence-electron chi connectivity index (χ1n) is 5.39. The van der Waals surface area contributed by atoms with Gasteiger partial charge in [0.1, 0.15) is 0 Å². The van der Waals surface area contributed by atoms with E-state index in [1.807, 2.05) is 30.3 Å². The lowest BCUT2D eigenvalue weighted by Gasteiger charge is -2.17. The molecule has 0 amide bonds. The summed E-state index contributed by atoms with van der Waals surface area (Å²) in [7, 11) is 0. The normalized spacial score (nSPS) is 12.2. The summed E-state index contributed by atoms with van der Waals surface area (Å²) in [5.74, 6) is 0.129. The van der Waals surface area contributed by atoms with Crippen molar-refractivity contribution < 1.29 is 4.39 Å². The maximum atomic E-state index is 13.7. The number of aromatic nitrogens is 1. The van der Waals surface area contributed by atoms with E-state index in [2.05, 4.69) is 26.2 Å². The monoisotopic (exact) mass is 328 g/mol. The number of benzene rings is 1. The van der Waals surface area contributed by atoms with Crippen LogP contribution in [0.15, 0.2) is 47.1 Å². The van der Waals surface area contributed by atoms with Crippen molar-refractivity contribution in [1.29, 1.82) is 0 Å². The first-order chi connectivity index (χ1) is 8.70. The molecule has 1 heterocycles. The summed E-state index contributed by atoms with van der Waals surface area (Å²) in [6.07, 6.45) is 1.54. The largest absolute Gasteiger partial charge is 0.360 e. The van der Waals surface area contributed by atoms with Crippen molar-refractivity contribution in [2.24, 2.45) is 0 Å². The molecule has 1 unspecified atom stereocenters. The first-order valence-corrected chi connectivity index (χ1v) is 6.72. The van der Waals surface area contributed by atoms with Gasteiger partial charge in [0.2, 0.25) is 0 Å². The summed E-state index contributed by atoms with van der Waals surface area (Å²) in [6, 6.07) is 10.8. The standard InChI is InChI=1S/C13H11BrClFN2/c14-10-6-11(16)13(17-8-10)18-12(7-15)9-4-2-1-3-5-9/h1-6,8,12H,7H2,(H,17,18). The molecule has 0 spiro atoms. The Hall–Kier alpha value is -1.13. The van der Waals surface area contributed by atoms with E-state index < -0.39 is 5.82 Å². The minimum Gasteiger partial charge on any atom is -0.360 e. The van der Waals surface area contributed by atoms with Crippen LogP contribution in [-0.2, 0) is 0 Å². The van der Waals surface area contributed by atoms with Gasteiger partial charge in [-0.25, -0.2) is 9.37 Å². The molecule has 0 aliphatic rings. The molecule has 5 heteroatoms. The van der Waals surface area contributed by atoms with Crippen molar-refractivity contribution in [2.75, 3.05) is 11.2 Å². The minimum atomic E-state index is -0.407. The fraction of sp³-hybridized carbons (Fsp3) is 0.154. The lowest BCUT2D eigenvalue weighted by molar-refractivity contribution is 0.620. The van der Waals surface area contributed by atoms with Crippen LogP contribution in [0.1, 0.15) is 11.6 Å². The van der Waals surface area contributed by atoms with Gasteiger partial charge in [-0.15, -0.1) is 11.6 Å². The SMILES string of the molecule is Fc1cc(Br)cnc1NC(CCl)c1ccccc1. The highest BCUT2D eigenvalue weighted by Gasteiger charge is 2.13. The summed E-state index contributed by atoms with van der Waals surface area (Å²) >= 11 is 9.08. The van der Waals surface area contributed by atoms with Gasteiger partial charge < -0.3 is 5.32 Å². The topological polar surface area (TPSA) is 24.9 Å². The average Bonchev–Trinajstić information content (AvgIpc) is 2.39. The van der Waals surface area contributed by atoms with Gasteiger partial charge in [0.25, 0.3) is 0 Å². The molecule has 0 bridgehead atoms. The third-order valence-electron chi connectivity index (χ3n) is 2.48. The lowest BCUT2D eigenvalue weighted by Crippen LogP contribution is -2.14. The van der Waals surface area contributed by atoms with E-state index in [-0.39, 0.29) is 11.9 Å². The van der Waals surface area contributed by atoms with Crippen molar-refractivity contribution in [3.63, 3.8) is 0 Å². The molecule has 1 N–H and O–H groups in total. The van der Waals surface area contributed by atoms with Crippen molar-refractivity contribution in [3.05, 3.63) is 58.4 Å². The van der Waals surface area contributed by atoms with Crippen LogP contribution >= 0.6 is 27.5 Å². The summed E-state index contributed by atoms with van der Waals surface area (Å²) in [5, 5.41) is 3.00. The Bertz CT molecular complexity index is 522. The summed E-state index contributed by atoms with van der Waals surface area (Å²) in [4.78, 5) is 4.00. The van der Waals surface area contributed by atoms with Gasteiger partial charge in [-0.3, -0.25) is 0 Å². The Kier molecular flexibility index (Phi) is 4.55. The molecule has 1 atom stereocenters. The van der Waals surface area contributed by atoms with Gasteiger partial charge in [0.05, 0.1) is 6.04 Å². The molecule has 2 nitrogen and oxygen atoms in total. The first kappa shape index (κ1) is 13.3. The number of nitrogens with zero attached hydrogens (tertiary/aromatic N) is 1. The van der Waals surface area contributed by atoms with Crippen LogP contribution in [0.4, 0.5) is 10.2 Å². The van der Waals surface area contributed by atoms with Gasteiger partial charge >= 0.3 is 0 Å². The average molecular weight is 330 g/mol. The number of hydrogen-bond donors (Lipinski definition) is 1. The molecule has 0 saturated carbocycles. The number of rotatable bonds is 4. The highest BCUT2D eigenvalue weighted by Crippen LogP contribution is 2.23. The van der Waals surface area contributed by atoms with E-state index in [0.29, 0.717) is 10.4 Å². The maximum Gasteiger partial charge on any atom is 0.166 e. The highest BCUT2D eigenvalue weighted by atomic mass is 79.9. The fourth-order valence-corrected chi connectivity index (χ4v) is 2.14. The Morgan fingerprint density at radius 3 is 2.67 bits per heavy atom. The quantitative estimate of drug-likeness (QED) is 0.842. The third kappa shape index (κ3) is 3.21. The van der Waals surface area contributed by atoms with Crippen molar-refractivity contribution in [2.45, 2.75) is 6.04 Å². The summed E-state index contributed by atoms with van der Waals surface area (Å²) in [6.45, 7) is 0. The fourth-order valence-electron chi connectivity index (χ4n) is 1.58. The van der Waals surface area contributed by atoms with Gasteiger partial charge in [0.15, 0.2) is 11.6 Å². The molecule has 0 aliphatic heterocycles. The number of nitrogens with one attached hydrogen (secondary N) is 1. The molecule has 1 aromatic carbocycles. The number of alkyl halides is 1. The van der Waals surface area contributed by atoms with Crippen LogP contribution in [0, 0.1) is 5.82 Å². The molecule has 0 fully saturated rings. The zero-order valence-electron chi connectivity index (χ0n) is 9.41. The predicted octanol–water partition coefficient (Wildman–Crippen LogP) is 4.38. The molecule has 94 valence electrons. The molecule has 0 saturated heterocycles. The second-order valence-corrected chi connectivity index (χ2v) is 4.97. The Labute approximate surface area is 118 Å². The molecular formula is C13H11BrClFN2. The molecule has 2 aromatic rings. The van der Waals surface area contributed by atoms with Crippen LogP contribution in [0.2, 0.25) is 0 Å². The Morgan fingerprint density at radius 1 is 1.33 bits per heavy atom. The molecule has 1 aromatic heterocycles. The minimum absolute atomic E-state index is 0.170. The van der Waals surface area contributed by atoms with E-state index >= 15 is 0 Å².